The summed E-state index contributed by atoms with van der Waals surface area (Å²) in [6.45, 7) is 0.546. The molecule has 2 unspecified atom stereocenters. The Labute approximate surface area is 114 Å². The number of carbonyl (C=O) groups is 1. The number of nitrogens with zero attached hydrogens (tertiary/aromatic N) is 1. The number of carboxylic acid groups (broad SMARTS) is 1. The van der Waals surface area contributed by atoms with Gasteiger partial charge in [0.05, 0.1) is 5.56 Å². The molecule has 0 radical (unpaired) electrons. The van der Waals surface area contributed by atoms with Crippen LogP contribution in [0.15, 0.2) is 12.1 Å². The van der Waals surface area contributed by atoms with Crippen LogP contribution in [-0.2, 0) is 9.47 Å². The zero-order valence-corrected chi connectivity index (χ0v) is 11.1. The zero-order chi connectivity index (χ0) is 14.9. The normalized spacial score (nSPS) is 22.3. The van der Waals surface area contributed by atoms with Crippen LogP contribution in [0, 0.1) is 11.6 Å². The first kappa shape index (κ1) is 14.7. The summed E-state index contributed by atoms with van der Waals surface area (Å²) in [7, 11) is 3.00. The van der Waals surface area contributed by atoms with Gasteiger partial charge < -0.3 is 19.5 Å². The van der Waals surface area contributed by atoms with E-state index in [1.807, 2.05) is 0 Å². The molecule has 5 nitrogen and oxygen atoms in total. The lowest BCUT2D eigenvalue weighted by Crippen LogP contribution is -2.27. The predicted molar refractivity (Wildman–Crippen MR) is 67.1 cm³/mol. The second-order valence-electron chi connectivity index (χ2n) is 4.55. The Morgan fingerprint density at radius 1 is 1.20 bits per heavy atom. The number of halogens is 2. The summed E-state index contributed by atoms with van der Waals surface area (Å²) >= 11 is 0. The summed E-state index contributed by atoms with van der Waals surface area (Å²) in [4.78, 5) is 12.2. The molecule has 0 bridgehead atoms. The van der Waals surface area contributed by atoms with E-state index in [0.29, 0.717) is 0 Å². The number of methoxy groups -OCH3 is 2. The molecule has 1 fully saturated rings. The highest BCUT2D eigenvalue weighted by atomic mass is 19.1. The molecule has 1 heterocycles. The Morgan fingerprint density at radius 2 is 1.65 bits per heavy atom. The highest BCUT2D eigenvalue weighted by molar-refractivity contribution is 5.88. The fraction of sp³-hybridized carbons (Fsp3) is 0.462. The van der Waals surface area contributed by atoms with Gasteiger partial charge in [-0.3, -0.25) is 0 Å². The summed E-state index contributed by atoms with van der Waals surface area (Å²) in [5.74, 6) is -3.19. The van der Waals surface area contributed by atoms with E-state index in [1.165, 1.54) is 19.1 Å². The Bertz CT molecular complexity index is 488. The van der Waals surface area contributed by atoms with Crippen molar-refractivity contribution in [3.8, 4) is 0 Å². The number of hydrogen-bond acceptors (Lipinski definition) is 4. The van der Waals surface area contributed by atoms with E-state index in [-0.39, 0.29) is 31.0 Å². The smallest absolute Gasteiger partial charge is 0.335 e. The van der Waals surface area contributed by atoms with Crippen molar-refractivity contribution in [1.82, 2.24) is 0 Å². The van der Waals surface area contributed by atoms with Gasteiger partial charge in [-0.05, 0) is 12.1 Å². The fourth-order valence-electron chi connectivity index (χ4n) is 2.37. The van der Waals surface area contributed by atoms with Gasteiger partial charge in [0.25, 0.3) is 0 Å². The Balaban J connectivity index is 2.32. The van der Waals surface area contributed by atoms with Gasteiger partial charge in [-0.25, -0.2) is 13.6 Å². The third-order valence-corrected chi connectivity index (χ3v) is 3.40. The third-order valence-electron chi connectivity index (χ3n) is 3.40. The van der Waals surface area contributed by atoms with Crippen LogP contribution < -0.4 is 4.90 Å². The van der Waals surface area contributed by atoms with Crippen molar-refractivity contribution >= 4 is 11.7 Å². The van der Waals surface area contributed by atoms with Gasteiger partial charge in [-0.15, -0.1) is 0 Å². The number of benzene rings is 1. The van der Waals surface area contributed by atoms with Gasteiger partial charge in [0.1, 0.15) is 29.5 Å². The molecule has 0 saturated carbocycles. The van der Waals surface area contributed by atoms with E-state index in [0.717, 1.165) is 12.1 Å². The minimum Gasteiger partial charge on any atom is -0.478 e. The first-order valence-electron chi connectivity index (χ1n) is 6.00. The maximum Gasteiger partial charge on any atom is 0.335 e. The second-order valence-corrected chi connectivity index (χ2v) is 4.55. The van der Waals surface area contributed by atoms with E-state index in [4.69, 9.17) is 14.6 Å². The van der Waals surface area contributed by atoms with Gasteiger partial charge >= 0.3 is 5.97 Å². The van der Waals surface area contributed by atoms with Gasteiger partial charge in [0, 0.05) is 27.3 Å². The van der Waals surface area contributed by atoms with Gasteiger partial charge in [0.2, 0.25) is 0 Å². The fourth-order valence-corrected chi connectivity index (χ4v) is 2.37. The molecular formula is C13H15F2NO4. The number of anilines is 1. The first-order valence-corrected chi connectivity index (χ1v) is 6.00. The lowest BCUT2D eigenvalue weighted by atomic mass is 10.1. The van der Waals surface area contributed by atoms with Crippen molar-refractivity contribution in [3.05, 3.63) is 29.3 Å². The lowest BCUT2D eigenvalue weighted by Gasteiger charge is -2.19. The average Bonchev–Trinajstić information content (AvgIpc) is 2.80. The van der Waals surface area contributed by atoms with Crippen LogP contribution in [0.2, 0.25) is 0 Å². The lowest BCUT2D eigenvalue weighted by molar-refractivity contribution is -0.00461. The van der Waals surface area contributed by atoms with Crippen molar-refractivity contribution in [2.24, 2.45) is 0 Å². The molecule has 20 heavy (non-hydrogen) atoms. The largest absolute Gasteiger partial charge is 0.478 e. The van der Waals surface area contributed by atoms with Crippen LogP contribution in [0.4, 0.5) is 14.5 Å². The number of aromatic carboxylic acids is 1. The number of hydrogen-bond donors (Lipinski definition) is 1. The minimum atomic E-state index is -1.37. The molecule has 2 atom stereocenters. The molecule has 1 aromatic rings. The minimum absolute atomic E-state index is 0.253. The van der Waals surface area contributed by atoms with E-state index in [9.17, 15) is 13.6 Å². The van der Waals surface area contributed by atoms with Crippen molar-refractivity contribution in [1.29, 1.82) is 0 Å². The Kier molecular flexibility index (Phi) is 4.20. The van der Waals surface area contributed by atoms with E-state index in [1.54, 1.807) is 0 Å². The molecule has 0 amide bonds. The summed E-state index contributed by atoms with van der Waals surface area (Å²) < 4.78 is 38.3. The molecule has 7 heteroatoms. The highest BCUT2D eigenvalue weighted by Gasteiger charge is 2.35. The molecule has 1 aromatic carbocycles. The monoisotopic (exact) mass is 287 g/mol. The molecule has 0 spiro atoms. The molecule has 1 aliphatic rings. The number of carboxylic acids is 1. The number of rotatable bonds is 4. The molecular weight excluding hydrogens is 272 g/mol. The molecule has 2 rings (SSSR count). The second kappa shape index (κ2) is 5.72. The maximum absolute atomic E-state index is 14.0. The molecule has 1 aliphatic heterocycles. The van der Waals surface area contributed by atoms with Gasteiger partial charge in [-0.2, -0.15) is 0 Å². The van der Waals surface area contributed by atoms with Crippen LogP contribution in [0.1, 0.15) is 10.4 Å². The Hall–Kier alpha value is -1.73. The van der Waals surface area contributed by atoms with Crippen LogP contribution in [0.5, 0.6) is 0 Å². The third kappa shape index (κ3) is 2.59. The van der Waals surface area contributed by atoms with Crippen molar-refractivity contribution in [3.63, 3.8) is 0 Å². The zero-order valence-electron chi connectivity index (χ0n) is 11.1. The summed E-state index contributed by atoms with van der Waals surface area (Å²) in [6, 6.07) is 1.62. The summed E-state index contributed by atoms with van der Waals surface area (Å²) in [6.07, 6.45) is -0.587. The van der Waals surface area contributed by atoms with Crippen LogP contribution >= 0.6 is 0 Å². The Morgan fingerprint density at radius 3 is 2.00 bits per heavy atom. The highest BCUT2D eigenvalue weighted by Crippen LogP contribution is 2.29. The first-order chi connectivity index (χ1) is 9.47. The molecule has 0 aromatic heterocycles. The van der Waals surface area contributed by atoms with Crippen molar-refractivity contribution in [2.45, 2.75) is 12.2 Å². The van der Waals surface area contributed by atoms with Gasteiger partial charge in [0.15, 0.2) is 0 Å². The SMILES string of the molecule is COC1CN(c2c(F)cc(C(=O)O)cc2F)CC1OC. The molecule has 1 saturated heterocycles. The molecule has 1 N–H and O–H groups in total. The van der Waals surface area contributed by atoms with Crippen molar-refractivity contribution in [2.75, 3.05) is 32.2 Å². The average molecular weight is 287 g/mol. The predicted octanol–water partition coefficient (Wildman–Crippen LogP) is 1.51. The quantitative estimate of drug-likeness (QED) is 0.909. The van der Waals surface area contributed by atoms with Gasteiger partial charge in [-0.1, -0.05) is 0 Å². The van der Waals surface area contributed by atoms with E-state index >= 15 is 0 Å². The molecule has 0 aliphatic carbocycles. The van der Waals surface area contributed by atoms with Crippen LogP contribution in [-0.4, -0.2) is 50.6 Å². The standard InChI is InChI=1S/C13H15F2NO4/c1-19-10-5-16(6-11(10)20-2)12-8(14)3-7(13(17)18)4-9(12)15/h3-4,10-11H,5-6H2,1-2H3,(H,17,18). The van der Waals surface area contributed by atoms with E-state index < -0.39 is 23.2 Å². The number of ether oxygens (including phenoxy) is 2. The van der Waals surface area contributed by atoms with Crippen LogP contribution in [0.25, 0.3) is 0 Å². The summed E-state index contributed by atoms with van der Waals surface area (Å²) in [5, 5.41) is 8.76. The summed E-state index contributed by atoms with van der Waals surface area (Å²) in [5.41, 5.74) is -0.675. The molecule has 110 valence electrons. The van der Waals surface area contributed by atoms with E-state index in [2.05, 4.69) is 0 Å². The van der Waals surface area contributed by atoms with Crippen molar-refractivity contribution < 1.29 is 28.2 Å². The van der Waals surface area contributed by atoms with Crippen LogP contribution in [0.3, 0.4) is 0 Å². The topological polar surface area (TPSA) is 59.0 Å². The maximum atomic E-state index is 14.0.